The quantitative estimate of drug-likeness (QED) is 0.476. The molecule has 0 aliphatic carbocycles. The van der Waals surface area contributed by atoms with E-state index in [1.807, 2.05) is 25.2 Å². The van der Waals surface area contributed by atoms with Crippen LogP contribution in [0.2, 0.25) is 0 Å². The van der Waals surface area contributed by atoms with Crippen LogP contribution < -0.4 is 0 Å². The molecular formula is C19H15F3N4O. The summed E-state index contributed by atoms with van der Waals surface area (Å²) in [6, 6.07) is 5.45. The van der Waals surface area contributed by atoms with Crippen molar-refractivity contribution in [2.75, 3.05) is 0 Å². The normalized spacial score (nSPS) is 12.1. The lowest BCUT2D eigenvalue weighted by Crippen LogP contribution is -2.15. The zero-order chi connectivity index (χ0) is 19.3. The lowest BCUT2D eigenvalue weighted by Gasteiger charge is -2.15. The molecule has 0 fully saturated rings. The molecule has 4 rings (SSSR count). The van der Waals surface area contributed by atoms with E-state index in [9.17, 15) is 13.2 Å². The van der Waals surface area contributed by atoms with E-state index in [4.69, 9.17) is 4.42 Å². The molecule has 3 aromatic heterocycles. The summed E-state index contributed by atoms with van der Waals surface area (Å²) >= 11 is 0. The molecule has 0 radical (unpaired) electrons. The van der Waals surface area contributed by atoms with E-state index in [-0.39, 0.29) is 22.4 Å². The molecule has 27 heavy (non-hydrogen) atoms. The number of fused-ring (bicyclic) bond motifs is 1. The van der Waals surface area contributed by atoms with Crippen molar-refractivity contribution in [2.45, 2.75) is 26.2 Å². The molecule has 0 aliphatic heterocycles. The number of aromatic nitrogens is 4. The Bertz CT molecular complexity index is 1160. The van der Waals surface area contributed by atoms with Gasteiger partial charge in [-0.1, -0.05) is 20.8 Å². The second kappa shape index (κ2) is 5.94. The highest BCUT2D eigenvalue weighted by Gasteiger charge is 2.24. The first-order valence-corrected chi connectivity index (χ1v) is 8.20. The molecule has 5 nitrogen and oxygen atoms in total. The van der Waals surface area contributed by atoms with E-state index in [2.05, 4.69) is 15.2 Å². The van der Waals surface area contributed by atoms with E-state index in [0.29, 0.717) is 11.2 Å². The fraction of sp³-hybridized carbons (Fsp3) is 0.211. The summed E-state index contributed by atoms with van der Waals surface area (Å²) in [5, 5.41) is 8.36. The van der Waals surface area contributed by atoms with Gasteiger partial charge in [0, 0.05) is 22.7 Å². The summed E-state index contributed by atoms with van der Waals surface area (Å²) in [7, 11) is 0. The van der Waals surface area contributed by atoms with Crippen LogP contribution in [-0.4, -0.2) is 19.6 Å². The van der Waals surface area contributed by atoms with Gasteiger partial charge in [0.15, 0.2) is 35.3 Å². The van der Waals surface area contributed by atoms with Gasteiger partial charge in [0.05, 0.1) is 0 Å². The molecule has 0 atom stereocenters. The molecule has 0 aliphatic rings. The van der Waals surface area contributed by atoms with Crippen molar-refractivity contribution < 1.29 is 17.6 Å². The molecule has 8 heteroatoms. The monoisotopic (exact) mass is 372 g/mol. The zero-order valence-electron chi connectivity index (χ0n) is 14.8. The zero-order valence-corrected chi connectivity index (χ0v) is 14.8. The van der Waals surface area contributed by atoms with Crippen LogP contribution in [-0.2, 0) is 5.41 Å². The number of pyridine rings is 1. The van der Waals surface area contributed by atoms with E-state index in [0.717, 1.165) is 24.4 Å². The fourth-order valence-electron chi connectivity index (χ4n) is 2.89. The van der Waals surface area contributed by atoms with Crippen molar-refractivity contribution in [3.8, 4) is 22.6 Å². The van der Waals surface area contributed by atoms with Gasteiger partial charge in [0.2, 0.25) is 0 Å². The fourth-order valence-corrected chi connectivity index (χ4v) is 2.89. The molecule has 4 aromatic rings. The number of halogens is 3. The van der Waals surface area contributed by atoms with Crippen LogP contribution >= 0.6 is 0 Å². The van der Waals surface area contributed by atoms with Gasteiger partial charge in [0.1, 0.15) is 11.5 Å². The lowest BCUT2D eigenvalue weighted by molar-refractivity contribution is 0.449. The van der Waals surface area contributed by atoms with Crippen LogP contribution in [0.25, 0.3) is 28.2 Å². The minimum Gasteiger partial charge on any atom is -0.443 e. The summed E-state index contributed by atoms with van der Waals surface area (Å²) in [6.07, 6.45) is 2.88. The number of hydrogen-bond donors (Lipinski definition) is 0. The molecule has 138 valence electrons. The lowest BCUT2D eigenvalue weighted by atomic mass is 9.96. The summed E-state index contributed by atoms with van der Waals surface area (Å²) < 4.78 is 48.3. The average molecular weight is 372 g/mol. The SMILES string of the molecule is CC(C)(C)c1nnc2ccc(-c3ocnc3-c3ccc(F)c(F)c3F)cn12. The molecule has 0 unspecified atom stereocenters. The predicted octanol–water partition coefficient (Wildman–Crippen LogP) is 4.77. The maximum absolute atomic E-state index is 14.2. The largest absolute Gasteiger partial charge is 0.443 e. The Morgan fingerprint density at radius 2 is 1.74 bits per heavy atom. The van der Waals surface area contributed by atoms with Gasteiger partial charge in [0.25, 0.3) is 0 Å². The van der Waals surface area contributed by atoms with Crippen molar-refractivity contribution in [2.24, 2.45) is 0 Å². The van der Waals surface area contributed by atoms with Gasteiger partial charge in [-0.05, 0) is 24.3 Å². The van der Waals surface area contributed by atoms with Crippen LogP contribution in [0.1, 0.15) is 26.6 Å². The molecule has 0 N–H and O–H groups in total. The van der Waals surface area contributed by atoms with Crippen LogP contribution in [0.5, 0.6) is 0 Å². The third-order valence-corrected chi connectivity index (χ3v) is 4.19. The summed E-state index contributed by atoms with van der Waals surface area (Å²) in [4.78, 5) is 4.00. The molecule has 0 saturated heterocycles. The first-order valence-electron chi connectivity index (χ1n) is 8.20. The standard InChI is InChI=1S/C19H15F3N4O/c1-19(2,3)18-25-24-13-7-4-10(8-26(13)18)17-16(23-9-27-17)11-5-6-12(20)15(22)14(11)21/h4-9H,1-3H3. The third kappa shape index (κ3) is 2.77. The maximum Gasteiger partial charge on any atom is 0.195 e. The van der Waals surface area contributed by atoms with Crippen LogP contribution in [0.3, 0.4) is 0 Å². The Hall–Kier alpha value is -3.16. The Labute approximate surface area is 152 Å². The molecule has 3 heterocycles. The molecule has 0 saturated carbocycles. The number of nitrogens with zero attached hydrogens (tertiary/aromatic N) is 4. The van der Waals surface area contributed by atoms with Gasteiger partial charge >= 0.3 is 0 Å². The number of hydrogen-bond acceptors (Lipinski definition) is 4. The smallest absolute Gasteiger partial charge is 0.195 e. The second-order valence-corrected chi connectivity index (χ2v) is 7.17. The van der Waals surface area contributed by atoms with Crippen molar-refractivity contribution >= 4 is 5.65 Å². The van der Waals surface area contributed by atoms with Gasteiger partial charge in [-0.2, -0.15) is 0 Å². The van der Waals surface area contributed by atoms with Crippen molar-refractivity contribution in [3.05, 3.63) is 60.1 Å². The summed E-state index contributed by atoms with van der Waals surface area (Å²) in [6.45, 7) is 6.02. The van der Waals surface area contributed by atoms with Crippen LogP contribution in [0, 0.1) is 17.5 Å². The minimum absolute atomic E-state index is 0.0798. The highest BCUT2D eigenvalue weighted by molar-refractivity contribution is 5.77. The highest BCUT2D eigenvalue weighted by atomic mass is 19.2. The minimum atomic E-state index is -1.55. The molecule has 0 spiro atoms. The van der Waals surface area contributed by atoms with Crippen molar-refractivity contribution in [1.29, 1.82) is 0 Å². The first kappa shape index (κ1) is 17.3. The van der Waals surface area contributed by atoms with Gasteiger partial charge in [-0.25, -0.2) is 18.2 Å². The average Bonchev–Trinajstić information content (AvgIpc) is 3.25. The summed E-state index contributed by atoms with van der Waals surface area (Å²) in [5.41, 5.74) is 0.857. The second-order valence-electron chi connectivity index (χ2n) is 7.17. The predicted molar refractivity (Wildman–Crippen MR) is 92.5 cm³/mol. The number of oxazole rings is 1. The van der Waals surface area contributed by atoms with Gasteiger partial charge < -0.3 is 4.42 Å². The van der Waals surface area contributed by atoms with Crippen LogP contribution in [0.4, 0.5) is 13.2 Å². The Balaban J connectivity index is 1.90. The van der Waals surface area contributed by atoms with Crippen molar-refractivity contribution in [1.82, 2.24) is 19.6 Å². The topological polar surface area (TPSA) is 56.2 Å². The van der Waals surface area contributed by atoms with E-state index >= 15 is 0 Å². The Morgan fingerprint density at radius 3 is 2.48 bits per heavy atom. The maximum atomic E-state index is 14.2. The molecular weight excluding hydrogens is 357 g/mol. The molecule has 0 amide bonds. The highest BCUT2D eigenvalue weighted by Crippen LogP contribution is 2.34. The Kier molecular flexibility index (Phi) is 3.80. The summed E-state index contributed by atoms with van der Waals surface area (Å²) in [5.74, 6) is -3.16. The van der Waals surface area contributed by atoms with E-state index < -0.39 is 17.5 Å². The molecule has 0 bridgehead atoms. The van der Waals surface area contributed by atoms with E-state index in [1.165, 1.54) is 0 Å². The first-order chi connectivity index (χ1) is 12.8. The van der Waals surface area contributed by atoms with E-state index in [1.54, 1.807) is 18.3 Å². The third-order valence-electron chi connectivity index (χ3n) is 4.19. The van der Waals surface area contributed by atoms with Crippen molar-refractivity contribution in [3.63, 3.8) is 0 Å². The van der Waals surface area contributed by atoms with Gasteiger partial charge in [-0.3, -0.25) is 4.40 Å². The number of rotatable bonds is 2. The Morgan fingerprint density at radius 1 is 0.963 bits per heavy atom. The number of benzene rings is 1. The van der Waals surface area contributed by atoms with Crippen LogP contribution in [0.15, 0.2) is 41.3 Å². The molecule has 1 aromatic carbocycles. The van der Waals surface area contributed by atoms with Gasteiger partial charge in [-0.15, -0.1) is 10.2 Å².